The van der Waals surface area contributed by atoms with E-state index in [2.05, 4.69) is 10.3 Å². The fourth-order valence-corrected chi connectivity index (χ4v) is 3.35. The summed E-state index contributed by atoms with van der Waals surface area (Å²) in [6.45, 7) is 2.01. The van der Waals surface area contributed by atoms with Crippen molar-refractivity contribution in [3.63, 3.8) is 0 Å². The van der Waals surface area contributed by atoms with Gasteiger partial charge in [-0.05, 0) is 55.0 Å². The second-order valence-corrected chi connectivity index (χ2v) is 7.33. The normalized spacial score (nSPS) is 10.6. The predicted molar refractivity (Wildman–Crippen MR) is 124 cm³/mol. The molecule has 0 spiro atoms. The molecule has 4 rings (SSSR count). The van der Waals surface area contributed by atoms with Gasteiger partial charge >= 0.3 is 0 Å². The van der Waals surface area contributed by atoms with E-state index in [0.29, 0.717) is 39.8 Å². The molecule has 0 radical (unpaired) electrons. The van der Waals surface area contributed by atoms with E-state index in [9.17, 15) is 9.59 Å². The molecule has 2 aromatic heterocycles. The molecule has 8 heteroatoms. The number of rotatable bonds is 7. The summed E-state index contributed by atoms with van der Waals surface area (Å²) in [6, 6.07) is 17.1. The molecule has 0 unspecified atom stereocenters. The summed E-state index contributed by atoms with van der Waals surface area (Å²) in [7, 11) is 3.04. The van der Waals surface area contributed by atoms with Gasteiger partial charge in [-0.25, -0.2) is 4.98 Å². The number of amides is 1. The molecule has 33 heavy (non-hydrogen) atoms. The van der Waals surface area contributed by atoms with E-state index >= 15 is 0 Å². The van der Waals surface area contributed by atoms with E-state index in [0.717, 1.165) is 5.56 Å². The molecule has 0 aliphatic carbocycles. The van der Waals surface area contributed by atoms with Crippen molar-refractivity contribution in [3.8, 4) is 17.2 Å². The summed E-state index contributed by atoms with van der Waals surface area (Å²) >= 11 is 0. The maximum atomic E-state index is 12.8. The third-order valence-corrected chi connectivity index (χ3v) is 5.03. The van der Waals surface area contributed by atoms with Crippen LogP contribution in [0, 0.1) is 6.92 Å². The average Bonchev–Trinajstić information content (AvgIpc) is 2.82. The SMILES string of the molecule is COc1ccc(C(=O)Nc2ccccc2OCc2cc(=O)n3ccc(C)cc3n2)cc1OC. The third-order valence-electron chi connectivity index (χ3n) is 5.03. The van der Waals surface area contributed by atoms with E-state index in [1.165, 1.54) is 24.7 Å². The summed E-state index contributed by atoms with van der Waals surface area (Å²) in [6.07, 6.45) is 1.70. The molecule has 168 valence electrons. The molecule has 0 saturated heterocycles. The second kappa shape index (κ2) is 9.44. The molecule has 0 fully saturated rings. The summed E-state index contributed by atoms with van der Waals surface area (Å²) in [4.78, 5) is 29.7. The second-order valence-electron chi connectivity index (χ2n) is 7.33. The van der Waals surface area contributed by atoms with Gasteiger partial charge in [0.25, 0.3) is 11.5 Å². The molecule has 1 amide bonds. The van der Waals surface area contributed by atoms with Crippen LogP contribution in [0.2, 0.25) is 0 Å². The predicted octanol–water partition coefficient (Wildman–Crippen LogP) is 3.85. The van der Waals surface area contributed by atoms with E-state index in [4.69, 9.17) is 14.2 Å². The highest BCUT2D eigenvalue weighted by Crippen LogP contribution is 2.29. The molecule has 0 aliphatic heterocycles. The maximum Gasteiger partial charge on any atom is 0.258 e. The topological polar surface area (TPSA) is 91.2 Å². The number of nitrogens with one attached hydrogen (secondary N) is 1. The Balaban J connectivity index is 1.53. The highest BCUT2D eigenvalue weighted by atomic mass is 16.5. The number of benzene rings is 2. The van der Waals surface area contributed by atoms with Gasteiger partial charge in [-0.3, -0.25) is 14.0 Å². The molecular formula is C25H23N3O5. The lowest BCUT2D eigenvalue weighted by Crippen LogP contribution is -2.17. The number of hydrogen-bond acceptors (Lipinski definition) is 6. The van der Waals surface area contributed by atoms with Crippen molar-refractivity contribution in [1.82, 2.24) is 9.38 Å². The minimum Gasteiger partial charge on any atom is -0.493 e. The number of fused-ring (bicyclic) bond motifs is 1. The van der Waals surface area contributed by atoms with Gasteiger partial charge in [0, 0.05) is 17.8 Å². The zero-order valence-electron chi connectivity index (χ0n) is 18.5. The quantitative estimate of drug-likeness (QED) is 0.465. The van der Waals surface area contributed by atoms with E-state index in [1.54, 1.807) is 48.7 Å². The molecule has 8 nitrogen and oxygen atoms in total. The van der Waals surface area contributed by atoms with Gasteiger partial charge in [0.15, 0.2) is 11.5 Å². The van der Waals surface area contributed by atoms with E-state index < -0.39 is 0 Å². The summed E-state index contributed by atoms with van der Waals surface area (Å²) < 4.78 is 17.9. The molecule has 0 aliphatic rings. The Morgan fingerprint density at radius 1 is 0.970 bits per heavy atom. The first-order chi connectivity index (χ1) is 16.0. The summed E-state index contributed by atoms with van der Waals surface area (Å²) in [5.41, 5.74) is 2.76. The minimum absolute atomic E-state index is 0.0723. The van der Waals surface area contributed by atoms with Crippen LogP contribution >= 0.6 is 0 Å². The molecule has 0 saturated carbocycles. The van der Waals surface area contributed by atoms with Crippen molar-refractivity contribution >= 4 is 17.2 Å². The number of ether oxygens (including phenoxy) is 3. The number of hydrogen-bond donors (Lipinski definition) is 1. The Morgan fingerprint density at radius 3 is 2.55 bits per heavy atom. The van der Waals surface area contributed by atoms with Crippen LogP contribution in [0.3, 0.4) is 0 Å². The molecular weight excluding hydrogens is 422 g/mol. The monoisotopic (exact) mass is 445 g/mol. The standard InChI is InChI=1S/C25H23N3O5/c1-16-10-11-28-23(12-16)26-18(14-24(28)29)15-33-20-7-5-4-6-19(20)27-25(30)17-8-9-21(31-2)22(13-17)32-3/h4-14H,15H2,1-3H3,(H,27,30). The van der Waals surface area contributed by atoms with Gasteiger partial charge in [-0.1, -0.05) is 12.1 Å². The van der Waals surface area contributed by atoms with Crippen LogP contribution in [0.5, 0.6) is 17.2 Å². The molecule has 0 bridgehead atoms. The van der Waals surface area contributed by atoms with Crippen molar-refractivity contribution in [2.45, 2.75) is 13.5 Å². The van der Waals surface area contributed by atoms with Crippen LogP contribution in [0.25, 0.3) is 5.65 Å². The van der Waals surface area contributed by atoms with Crippen LogP contribution in [0.15, 0.2) is 71.7 Å². The lowest BCUT2D eigenvalue weighted by Gasteiger charge is -2.13. The molecule has 4 aromatic rings. The Labute approximate surface area is 190 Å². The Morgan fingerprint density at radius 2 is 1.76 bits per heavy atom. The lowest BCUT2D eigenvalue weighted by atomic mass is 10.1. The Hall–Kier alpha value is -4.33. The zero-order valence-corrected chi connectivity index (χ0v) is 18.5. The van der Waals surface area contributed by atoms with Crippen LogP contribution < -0.4 is 25.1 Å². The average molecular weight is 445 g/mol. The number of carbonyl (C=O) groups excluding carboxylic acids is 1. The number of carbonyl (C=O) groups is 1. The van der Waals surface area contributed by atoms with Crippen LogP contribution in [-0.4, -0.2) is 29.5 Å². The van der Waals surface area contributed by atoms with Crippen molar-refractivity contribution in [2.75, 3.05) is 19.5 Å². The van der Waals surface area contributed by atoms with Crippen LogP contribution in [0.1, 0.15) is 21.6 Å². The number of anilines is 1. The number of aromatic nitrogens is 2. The van der Waals surface area contributed by atoms with Gasteiger partial charge < -0.3 is 19.5 Å². The number of nitrogens with zero attached hydrogens (tertiary/aromatic N) is 2. The Kier molecular flexibility index (Phi) is 6.26. The third kappa shape index (κ3) is 4.79. The van der Waals surface area contributed by atoms with Gasteiger partial charge in [0.05, 0.1) is 25.6 Å². The molecule has 1 N–H and O–H groups in total. The largest absolute Gasteiger partial charge is 0.493 e. The first kappa shape index (κ1) is 21.9. The fraction of sp³-hybridized carbons (Fsp3) is 0.160. The molecule has 2 heterocycles. The maximum absolute atomic E-state index is 12.8. The first-order valence-electron chi connectivity index (χ1n) is 10.2. The van der Waals surface area contributed by atoms with Crippen molar-refractivity contribution in [1.29, 1.82) is 0 Å². The molecule has 2 aromatic carbocycles. The number of aryl methyl sites for hydroxylation is 1. The molecule has 0 atom stereocenters. The number of pyridine rings is 1. The minimum atomic E-state index is -0.329. The highest BCUT2D eigenvalue weighted by Gasteiger charge is 2.13. The van der Waals surface area contributed by atoms with Gasteiger partial charge in [0.2, 0.25) is 0 Å². The van der Waals surface area contributed by atoms with E-state index in [-0.39, 0.29) is 18.1 Å². The van der Waals surface area contributed by atoms with Crippen molar-refractivity contribution in [3.05, 3.63) is 94.0 Å². The van der Waals surface area contributed by atoms with Gasteiger partial charge in [-0.2, -0.15) is 0 Å². The van der Waals surface area contributed by atoms with Gasteiger partial charge in [-0.15, -0.1) is 0 Å². The first-order valence-corrected chi connectivity index (χ1v) is 10.2. The lowest BCUT2D eigenvalue weighted by molar-refractivity contribution is 0.102. The summed E-state index contributed by atoms with van der Waals surface area (Å²) in [5, 5.41) is 2.85. The van der Waals surface area contributed by atoms with Crippen LogP contribution in [0.4, 0.5) is 5.69 Å². The smallest absolute Gasteiger partial charge is 0.258 e. The highest BCUT2D eigenvalue weighted by molar-refractivity contribution is 6.05. The number of methoxy groups -OCH3 is 2. The summed E-state index contributed by atoms with van der Waals surface area (Å²) in [5.74, 6) is 1.12. The van der Waals surface area contributed by atoms with Crippen molar-refractivity contribution in [2.24, 2.45) is 0 Å². The fourth-order valence-electron chi connectivity index (χ4n) is 3.35. The van der Waals surface area contributed by atoms with Gasteiger partial charge in [0.1, 0.15) is 18.0 Å². The van der Waals surface area contributed by atoms with Crippen LogP contribution in [-0.2, 0) is 6.61 Å². The Bertz CT molecular complexity index is 1380. The van der Waals surface area contributed by atoms with Crippen molar-refractivity contribution < 1.29 is 19.0 Å². The number of para-hydroxylation sites is 2. The van der Waals surface area contributed by atoms with E-state index in [1.807, 2.05) is 19.1 Å². The zero-order chi connectivity index (χ0) is 23.4.